The Morgan fingerprint density at radius 2 is 1.95 bits per heavy atom. The van der Waals surface area contributed by atoms with Gasteiger partial charge in [0.25, 0.3) is 0 Å². The number of carbonyl (C=O) groups excluding carboxylic acids is 2. The molecular formula is C15H25N3O4. The number of carboxylic acids is 1. The summed E-state index contributed by atoms with van der Waals surface area (Å²) in [6.07, 6.45) is 2.88. The van der Waals surface area contributed by atoms with E-state index in [1.807, 2.05) is 13.8 Å². The molecule has 7 nitrogen and oxygen atoms in total. The molecule has 3 N–H and O–H groups in total. The maximum atomic E-state index is 12.7. The van der Waals surface area contributed by atoms with Crippen LogP contribution in [0.2, 0.25) is 0 Å². The summed E-state index contributed by atoms with van der Waals surface area (Å²) in [5, 5.41) is 15.1. The zero-order valence-corrected chi connectivity index (χ0v) is 13.2. The van der Waals surface area contributed by atoms with Crippen molar-refractivity contribution in [3.63, 3.8) is 0 Å². The van der Waals surface area contributed by atoms with Crippen LogP contribution in [0.5, 0.6) is 0 Å². The molecule has 0 radical (unpaired) electrons. The van der Waals surface area contributed by atoms with E-state index in [0.717, 1.165) is 19.4 Å². The van der Waals surface area contributed by atoms with E-state index in [0.29, 0.717) is 19.4 Å². The monoisotopic (exact) mass is 311 g/mol. The van der Waals surface area contributed by atoms with Crippen molar-refractivity contribution in [3.05, 3.63) is 0 Å². The Hall–Kier alpha value is -1.63. The van der Waals surface area contributed by atoms with Gasteiger partial charge in [-0.2, -0.15) is 0 Å². The summed E-state index contributed by atoms with van der Waals surface area (Å²) in [5.74, 6) is -1.52. The van der Waals surface area contributed by atoms with Gasteiger partial charge < -0.3 is 20.6 Å². The van der Waals surface area contributed by atoms with Gasteiger partial charge in [0.05, 0.1) is 6.04 Å². The van der Waals surface area contributed by atoms with Crippen LogP contribution < -0.4 is 10.6 Å². The van der Waals surface area contributed by atoms with Gasteiger partial charge in [-0.05, 0) is 38.1 Å². The van der Waals surface area contributed by atoms with Crippen molar-refractivity contribution < 1.29 is 19.5 Å². The highest BCUT2D eigenvalue weighted by Gasteiger charge is 2.39. The molecule has 22 heavy (non-hydrogen) atoms. The first-order valence-electron chi connectivity index (χ1n) is 7.99. The van der Waals surface area contributed by atoms with Gasteiger partial charge in [-0.15, -0.1) is 0 Å². The summed E-state index contributed by atoms with van der Waals surface area (Å²) in [6.45, 7) is 4.97. The van der Waals surface area contributed by atoms with E-state index in [1.165, 1.54) is 4.90 Å². The Morgan fingerprint density at radius 1 is 1.23 bits per heavy atom. The van der Waals surface area contributed by atoms with Crippen LogP contribution in [0.1, 0.15) is 39.5 Å². The van der Waals surface area contributed by atoms with Crippen LogP contribution in [0.3, 0.4) is 0 Å². The third kappa shape index (κ3) is 3.58. The van der Waals surface area contributed by atoms with Gasteiger partial charge in [0.2, 0.25) is 11.8 Å². The normalized spacial score (nSPS) is 26.2. The second-order valence-electron chi connectivity index (χ2n) is 6.41. The minimum atomic E-state index is -0.975. The summed E-state index contributed by atoms with van der Waals surface area (Å²) < 4.78 is 0. The molecule has 2 heterocycles. The standard InChI is InChI=1S/C15H25N3O4/c1-9(2)12(17-13(19)10-5-3-7-16-10)14(20)18-8-4-6-11(18)15(21)22/h9-12,16H,3-8H2,1-2H3,(H,17,19)(H,21,22)/t10-,11-,12-/m0/s1. The minimum absolute atomic E-state index is 0.0899. The molecular weight excluding hydrogens is 286 g/mol. The number of carboxylic acid groups (broad SMARTS) is 1. The molecule has 2 fully saturated rings. The van der Waals surface area contributed by atoms with Crippen molar-refractivity contribution in [2.24, 2.45) is 5.92 Å². The average Bonchev–Trinajstić information content (AvgIpc) is 3.13. The molecule has 0 spiro atoms. The number of rotatable bonds is 5. The van der Waals surface area contributed by atoms with E-state index < -0.39 is 18.1 Å². The van der Waals surface area contributed by atoms with Crippen molar-refractivity contribution in [3.8, 4) is 0 Å². The zero-order chi connectivity index (χ0) is 16.3. The fraction of sp³-hybridized carbons (Fsp3) is 0.800. The highest BCUT2D eigenvalue weighted by molar-refractivity contribution is 5.92. The van der Waals surface area contributed by atoms with Gasteiger partial charge in [0.15, 0.2) is 0 Å². The Morgan fingerprint density at radius 3 is 2.50 bits per heavy atom. The molecule has 2 amide bonds. The number of nitrogens with zero attached hydrogens (tertiary/aromatic N) is 1. The first-order chi connectivity index (χ1) is 10.4. The van der Waals surface area contributed by atoms with Gasteiger partial charge in [0, 0.05) is 6.54 Å². The predicted octanol–water partition coefficient (Wildman–Crippen LogP) is -0.0452. The second kappa shape index (κ2) is 7.09. The lowest BCUT2D eigenvalue weighted by Crippen LogP contribution is -2.56. The number of amides is 2. The fourth-order valence-corrected chi connectivity index (χ4v) is 3.14. The Balaban J connectivity index is 2.05. The molecule has 0 aromatic heterocycles. The SMILES string of the molecule is CC(C)[C@H](NC(=O)[C@@H]1CCCN1)C(=O)N1CCC[C@H]1C(=O)O. The van der Waals surface area contributed by atoms with Crippen LogP contribution in [0, 0.1) is 5.92 Å². The number of hydrogen-bond donors (Lipinski definition) is 3. The lowest BCUT2D eigenvalue weighted by atomic mass is 10.0. The van der Waals surface area contributed by atoms with Crippen molar-refractivity contribution in [2.75, 3.05) is 13.1 Å². The van der Waals surface area contributed by atoms with Gasteiger partial charge in [0.1, 0.15) is 12.1 Å². The van der Waals surface area contributed by atoms with Gasteiger partial charge in [-0.3, -0.25) is 9.59 Å². The molecule has 2 rings (SSSR count). The van der Waals surface area contributed by atoms with E-state index >= 15 is 0 Å². The Kier molecular flexibility index (Phi) is 5.39. The van der Waals surface area contributed by atoms with Gasteiger partial charge in [-0.1, -0.05) is 13.8 Å². The summed E-state index contributed by atoms with van der Waals surface area (Å²) in [4.78, 5) is 37.6. The van der Waals surface area contributed by atoms with Crippen molar-refractivity contribution >= 4 is 17.8 Å². The summed E-state index contributed by atoms with van der Waals surface area (Å²) in [6, 6.07) is -1.69. The van der Waals surface area contributed by atoms with Gasteiger partial charge >= 0.3 is 5.97 Å². The molecule has 0 aromatic carbocycles. The molecule has 124 valence electrons. The van der Waals surface area contributed by atoms with E-state index in [-0.39, 0.29) is 23.8 Å². The zero-order valence-electron chi connectivity index (χ0n) is 13.2. The molecule has 2 saturated heterocycles. The van der Waals surface area contributed by atoms with Gasteiger partial charge in [-0.25, -0.2) is 4.79 Å². The third-order valence-corrected chi connectivity index (χ3v) is 4.43. The lowest BCUT2D eigenvalue weighted by molar-refractivity contribution is -0.150. The Labute approximate surface area is 130 Å². The highest BCUT2D eigenvalue weighted by atomic mass is 16.4. The molecule has 2 aliphatic heterocycles. The van der Waals surface area contributed by atoms with Crippen molar-refractivity contribution in [2.45, 2.75) is 57.7 Å². The molecule has 0 saturated carbocycles. The van der Waals surface area contributed by atoms with Crippen LogP contribution in [0.4, 0.5) is 0 Å². The number of aliphatic carboxylic acids is 1. The number of carbonyl (C=O) groups is 3. The van der Waals surface area contributed by atoms with Crippen LogP contribution in [0.25, 0.3) is 0 Å². The predicted molar refractivity (Wildman–Crippen MR) is 80.2 cm³/mol. The topological polar surface area (TPSA) is 98.7 Å². The Bertz CT molecular complexity index is 446. The van der Waals surface area contributed by atoms with Crippen molar-refractivity contribution in [1.82, 2.24) is 15.5 Å². The largest absolute Gasteiger partial charge is 0.480 e. The molecule has 2 aliphatic rings. The molecule has 3 atom stereocenters. The van der Waals surface area contributed by atoms with E-state index in [2.05, 4.69) is 10.6 Å². The van der Waals surface area contributed by atoms with E-state index in [4.69, 9.17) is 0 Å². The summed E-state index contributed by atoms with van der Waals surface area (Å²) in [5.41, 5.74) is 0. The fourth-order valence-electron chi connectivity index (χ4n) is 3.14. The molecule has 0 bridgehead atoms. The average molecular weight is 311 g/mol. The molecule has 7 heteroatoms. The first-order valence-corrected chi connectivity index (χ1v) is 7.99. The lowest BCUT2D eigenvalue weighted by Gasteiger charge is -2.30. The number of likely N-dealkylation sites (tertiary alicyclic amines) is 1. The van der Waals surface area contributed by atoms with Crippen LogP contribution in [0.15, 0.2) is 0 Å². The smallest absolute Gasteiger partial charge is 0.326 e. The number of nitrogens with one attached hydrogen (secondary N) is 2. The van der Waals surface area contributed by atoms with E-state index in [9.17, 15) is 19.5 Å². The van der Waals surface area contributed by atoms with Crippen LogP contribution >= 0.6 is 0 Å². The van der Waals surface area contributed by atoms with Crippen LogP contribution in [-0.4, -0.2) is 59.0 Å². The quantitative estimate of drug-likeness (QED) is 0.661. The first kappa shape index (κ1) is 16.7. The maximum absolute atomic E-state index is 12.7. The maximum Gasteiger partial charge on any atom is 0.326 e. The second-order valence-corrected chi connectivity index (χ2v) is 6.41. The molecule has 0 unspecified atom stereocenters. The number of hydrogen-bond acceptors (Lipinski definition) is 4. The third-order valence-electron chi connectivity index (χ3n) is 4.43. The minimum Gasteiger partial charge on any atom is -0.480 e. The van der Waals surface area contributed by atoms with Crippen molar-refractivity contribution in [1.29, 1.82) is 0 Å². The summed E-state index contributed by atoms with van der Waals surface area (Å²) >= 11 is 0. The van der Waals surface area contributed by atoms with E-state index in [1.54, 1.807) is 0 Å². The highest BCUT2D eigenvalue weighted by Crippen LogP contribution is 2.20. The molecule has 0 aromatic rings. The molecule has 0 aliphatic carbocycles. The summed E-state index contributed by atoms with van der Waals surface area (Å²) in [7, 11) is 0. The van der Waals surface area contributed by atoms with Crippen LogP contribution in [-0.2, 0) is 14.4 Å².